The monoisotopic (exact) mass is 835 g/mol. The Morgan fingerprint density at radius 2 is 1.69 bits per heavy atom. The number of nitrogens with one attached hydrogen (secondary N) is 2. The van der Waals surface area contributed by atoms with Crippen LogP contribution in [-0.4, -0.2) is 102 Å². The second kappa shape index (κ2) is 19.4. The maximum absolute atomic E-state index is 13.1. The highest BCUT2D eigenvalue weighted by atomic mass is 16.5. The number of quaternary nitrogens is 1. The number of rotatable bonds is 18. The van der Waals surface area contributed by atoms with Gasteiger partial charge in [0, 0.05) is 57.3 Å². The molecule has 61 heavy (non-hydrogen) atoms. The Labute approximate surface area is 352 Å². The molecule has 7 rings (SSSR count). The molecule has 17 nitrogen and oxygen atoms in total. The van der Waals surface area contributed by atoms with Gasteiger partial charge < -0.3 is 28.8 Å². The first-order valence-corrected chi connectivity index (χ1v) is 20.5. The van der Waals surface area contributed by atoms with E-state index in [0.717, 1.165) is 78.7 Å². The van der Waals surface area contributed by atoms with Crippen molar-refractivity contribution in [3.05, 3.63) is 93.9 Å². The van der Waals surface area contributed by atoms with Gasteiger partial charge in [-0.25, -0.2) is 5.53 Å². The smallest absolute Gasteiger partial charge is 0.262 e. The number of pyridine rings is 2. The van der Waals surface area contributed by atoms with Gasteiger partial charge in [0.25, 0.3) is 17.4 Å². The van der Waals surface area contributed by atoms with Crippen molar-refractivity contribution >= 4 is 34.4 Å². The van der Waals surface area contributed by atoms with Gasteiger partial charge >= 0.3 is 0 Å². The molecule has 4 N–H and O–H groups in total. The summed E-state index contributed by atoms with van der Waals surface area (Å²) >= 11 is 0. The summed E-state index contributed by atoms with van der Waals surface area (Å²) in [5.41, 5.74) is 11.2. The molecule has 1 atom stereocenters. The molecule has 4 aromatic rings. The molecule has 2 fully saturated rings. The zero-order valence-electron chi connectivity index (χ0n) is 34.6. The standard InChI is InChI=1S/C44H50N8O9/c1-50-24-35(31-11-15-47-23-34(31)42(50)55)27-19-38(58-2)36(39(20-27)59-3)25-51-16-12-29(13-17-51)61-26-28(49-45)22-46-14-5-4-6-18-60-30-7-8-32-33(21-30)44(57)52(43(32)56)37-9-10-40(53)48-41(37)54/h7-8,11,15,19-24,29,37,45-46H,4-6,9-10,12-14,16-18,25-26H2,1-3H3,(H,48,53,54)/p+1/b28-22-,49-45?. The van der Waals surface area contributed by atoms with Crippen molar-refractivity contribution < 1.29 is 43.4 Å². The van der Waals surface area contributed by atoms with E-state index in [1.807, 2.05) is 35.9 Å². The minimum atomic E-state index is -1.01. The number of aryl methyl sites for hydroxylation is 1. The second-order valence-corrected chi connectivity index (χ2v) is 15.4. The minimum absolute atomic E-state index is 0.0496. The van der Waals surface area contributed by atoms with Crippen molar-refractivity contribution in [2.75, 3.05) is 47.1 Å². The van der Waals surface area contributed by atoms with E-state index in [4.69, 9.17) is 24.5 Å². The van der Waals surface area contributed by atoms with Crippen molar-refractivity contribution in [3.63, 3.8) is 0 Å². The number of hydrogen-bond donors (Lipinski definition) is 3. The third-order valence-electron chi connectivity index (χ3n) is 11.4. The number of unbranched alkanes of at least 4 members (excludes halogenated alkanes) is 2. The zero-order chi connectivity index (χ0) is 43.0. The first kappa shape index (κ1) is 42.8. The summed E-state index contributed by atoms with van der Waals surface area (Å²) in [5, 5.41) is 9.24. The number of benzene rings is 2. The van der Waals surface area contributed by atoms with Crippen LogP contribution < -0.4 is 30.4 Å². The van der Waals surface area contributed by atoms with Gasteiger partial charge in [0.05, 0.1) is 62.2 Å². The summed E-state index contributed by atoms with van der Waals surface area (Å²) in [6, 6.07) is 9.54. The van der Waals surface area contributed by atoms with E-state index >= 15 is 0 Å². The lowest BCUT2D eigenvalue weighted by molar-refractivity contribution is -0.589. The molecule has 17 heteroatoms. The number of piperidine rings is 2. The predicted octanol–water partition coefficient (Wildman–Crippen LogP) is 3.68. The summed E-state index contributed by atoms with van der Waals surface area (Å²) in [7, 11) is 5.03. The maximum Gasteiger partial charge on any atom is 0.262 e. The van der Waals surface area contributed by atoms with E-state index in [1.165, 1.54) is 12.1 Å². The molecule has 3 aliphatic rings. The maximum atomic E-state index is 13.1. The third kappa shape index (κ3) is 9.53. The highest BCUT2D eigenvalue weighted by Crippen LogP contribution is 2.38. The Morgan fingerprint density at radius 1 is 0.934 bits per heavy atom. The van der Waals surface area contributed by atoms with Crippen LogP contribution in [-0.2, 0) is 27.9 Å². The molecule has 5 heterocycles. The summed E-state index contributed by atoms with van der Waals surface area (Å²) in [6.07, 6.45) is 11.4. The summed E-state index contributed by atoms with van der Waals surface area (Å²) in [6.45, 7) is 3.76. The van der Waals surface area contributed by atoms with E-state index in [2.05, 4.69) is 20.3 Å². The molecule has 0 saturated carbocycles. The lowest BCUT2D eigenvalue weighted by Crippen LogP contribution is -2.78. The molecule has 0 bridgehead atoms. The van der Waals surface area contributed by atoms with Gasteiger partial charge in [-0.05, 0) is 85.9 Å². The number of ether oxygens (including phenoxy) is 4. The molecular weight excluding hydrogens is 785 g/mol. The van der Waals surface area contributed by atoms with Gasteiger partial charge in [0.2, 0.25) is 11.8 Å². The Balaban J connectivity index is 0.816. The normalized spacial score (nSPS) is 17.5. The number of hydrogen-bond acceptors (Lipinski definition) is 13. The van der Waals surface area contributed by atoms with E-state index in [1.54, 1.807) is 44.3 Å². The average Bonchev–Trinajstić information content (AvgIpc) is 3.52. The van der Waals surface area contributed by atoms with Crippen molar-refractivity contribution in [2.24, 2.45) is 12.2 Å². The van der Waals surface area contributed by atoms with Crippen LogP contribution in [0.25, 0.3) is 21.9 Å². The van der Waals surface area contributed by atoms with E-state index in [9.17, 15) is 24.0 Å². The predicted molar refractivity (Wildman–Crippen MR) is 222 cm³/mol. The molecule has 4 amide bonds. The Morgan fingerprint density at radius 3 is 2.41 bits per heavy atom. The van der Waals surface area contributed by atoms with E-state index < -0.39 is 29.7 Å². The Bertz CT molecular complexity index is 2400. The molecule has 0 spiro atoms. The van der Waals surface area contributed by atoms with Crippen molar-refractivity contribution in [1.82, 2.24) is 24.7 Å². The molecule has 320 valence electrons. The van der Waals surface area contributed by atoms with Crippen molar-refractivity contribution in [1.29, 1.82) is 5.53 Å². The van der Waals surface area contributed by atoms with Crippen LogP contribution in [0.15, 0.2) is 76.8 Å². The topological polar surface area (TPSA) is 211 Å². The zero-order valence-corrected chi connectivity index (χ0v) is 34.6. The fourth-order valence-electron chi connectivity index (χ4n) is 8.11. The molecule has 2 aromatic heterocycles. The number of carbonyl (C=O) groups excluding carboxylic acids is 4. The van der Waals surface area contributed by atoms with Gasteiger partial charge in [-0.2, -0.15) is 5.11 Å². The number of likely N-dealkylation sites (tertiary alicyclic amines) is 1. The molecular formula is C44H51N8O9+. The second-order valence-electron chi connectivity index (χ2n) is 15.4. The third-order valence-corrected chi connectivity index (χ3v) is 11.4. The average molecular weight is 836 g/mol. The first-order chi connectivity index (χ1) is 29.6. The van der Waals surface area contributed by atoms with Gasteiger partial charge in [-0.3, -0.25) is 44.1 Å². The SMILES string of the molecule is COc1cc(-c2cn(C)c(=O)c3cnccc23)cc(OC)c1CN1CCC(OC/C(=C/[NH2+]CCCCCOc2ccc3c(c2)C(=O)N(C2CCC(=O)NC2=O)C3=O)N=N)CC1. The highest BCUT2D eigenvalue weighted by Gasteiger charge is 2.44. The van der Waals surface area contributed by atoms with E-state index in [-0.39, 0.29) is 42.2 Å². The number of aromatic nitrogens is 2. The molecule has 1 unspecified atom stereocenters. The van der Waals surface area contributed by atoms with Crippen LogP contribution in [0.5, 0.6) is 17.2 Å². The number of fused-ring (bicyclic) bond motifs is 2. The van der Waals surface area contributed by atoms with Gasteiger partial charge in [-0.1, -0.05) is 0 Å². The van der Waals surface area contributed by atoms with Crippen LogP contribution in [0.2, 0.25) is 0 Å². The first-order valence-electron chi connectivity index (χ1n) is 20.5. The van der Waals surface area contributed by atoms with Crippen LogP contribution >= 0.6 is 0 Å². The van der Waals surface area contributed by atoms with Crippen LogP contribution in [0.1, 0.15) is 71.2 Å². The van der Waals surface area contributed by atoms with Crippen LogP contribution in [0.4, 0.5) is 0 Å². The van der Waals surface area contributed by atoms with Gasteiger partial charge in [0.1, 0.15) is 35.2 Å². The highest BCUT2D eigenvalue weighted by molar-refractivity contribution is 6.23. The number of nitrogens with two attached hydrogens (primary N) is 1. The summed E-state index contributed by atoms with van der Waals surface area (Å²) in [5.74, 6) is -0.302. The molecule has 3 aliphatic heterocycles. The number of nitrogens with zero attached hydrogens (tertiary/aromatic N) is 5. The van der Waals surface area contributed by atoms with Gasteiger partial charge in [0.15, 0.2) is 0 Å². The number of imide groups is 2. The minimum Gasteiger partial charge on any atom is -0.496 e. The number of carbonyl (C=O) groups is 4. The quantitative estimate of drug-likeness (QED) is 0.0748. The number of amides is 4. The van der Waals surface area contributed by atoms with E-state index in [0.29, 0.717) is 41.5 Å². The van der Waals surface area contributed by atoms with Crippen LogP contribution in [0.3, 0.4) is 0 Å². The lowest BCUT2D eigenvalue weighted by Gasteiger charge is -2.32. The van der Waals surface area contributed by atoms with Crippen molar-refractivity contribution in [3.8, 4) is 28.4 Å². The molecule has 0 radical (unpaired) electrons. The molecule has 2 aromatic carbocycles. The Kier molecular flexibility index (Phi) is 13.6. The fraction of sp³-hybridized carbons (Fsp3) is 0.409. The van der Waals surface area contributed by atoms with Gasteiger partial charge in [-0.15, -0.1) is 0 Å². The molecule has 0 aliphatic carbocycles. The summed E-state index contributed by atoms with van der Waals surface area (Å²) in [4.78, 5) is 70.0. The Hall–Kier alpha value is -6.30. The summed E-state index contributed by atoms with van der Waals surface area (Å²) < 4.78 is 25.4. The molecule has 2 saturated heterocycles. The lowest BCUT2D eigenvalue weighted by atomic mass is 9.98. The largest absolute Gasteiger partial charge is 0.496 e. The van der Waals surface area contributed by atoms with Crippen LogP contribution in [0, 0.1) is 5.53 Å². The number of methoxy groups -OCH3 is 2. The fourth-order valence-corrected chi connectivity index (χ4v) is 8.11. The van der Waals surface area contributed by atoms with Crippen molar-refractivity contribution in [2.45, 2.75) is 63.6 Å².